The van der Waals surface area contributed by atoms with E-state index in [1.165, 1.54) is 110 Å². The van der Waals surface area contributed by atoms with E-state index in [-0.39, 0.29) is 7.43 Å². The van der Waals surface area contributed by atoms with Gasteiger partial charge in [0.25, 0.3) is 0 Å². The minimum atomic E-state index is -2.42. The Morgan fingerprint density at radius 3 is 0.773 bits per heavy atom. The summed E-state index contributed by atoms with van der Waals surface area (Å²) in [6, 6.07) is 61.8. The molecule has 88 heavy (non-hydrogen) atoms. The van der Waals surface area contributed by atoms with Crippen molar-refractivity contribution in [3.63, 3.8) is 0 Å². The lowest BCUT2D eigenvalue weighted by Crippen LogP contribution is -2.55. The quantitative estimate of drug-likeness (QED) is 0.0425. The van der Waals surface area contributed by atoms with Crippen LogP contribution in [0.25, 0.3) is 0 Å². The molecule has 3 saturated carbocycles. The number of benzene rings is 6. The number of fused-ring (bicyclic) bond motifs is 3. The van der Waals surface area contributed by atoms with Gasteiger partial charge in [0.2, 0.25) is 0 Å². The summed E-state index contributed by atoms with van der Waals surface area (Å²) in [5.41, 5.74) is 7.99. The molecular formula is C72H93Br2Cl3N6O2Si3. The molecule has 0 amide bonds. The van der Waals surface area contributed by atoms with Gasteiger partial charge in [0.05, 0.1) is 14.2 Å². The Bertz CT molecular complexity index is 2960. The number of nitrogens with zero attached hydrogens (tertiary/aromatic N) is 6. The molecule has 12 rings (SSSR count). The third-order valence-corrected chi connectivity index (χ3v) is 36.3. The standard InChI is InChI=1S/C25H33ClN2O2Si.C23H27Br2ClN2Si.C23H29ClN2Si.CH4/c1-4-17-31(26)27(18-20-9-13-22(29-2)14-10-20)24-7-5-6-8-25(24)28(31)19-21-11-15-23(30-3)16-12-21;1-2-15-29(26)27(16-18-7-11-20(24)12-8-18)22-5-3-4-6-23(22)28(29)17-19-9-13-21(25)14-10-19;1-2-17-27(24)25(18-20-11-5-3-6-12-20)22-15-9-10-16-23(22)26(27)19-21-13-7-4-8-14-21;/h4,9-16,24-25H,1,5-8,17-19H2,2-3H3;2,7-14,22-23H,1,3-6,15-17H2;2-8,11-14,22-23H,1,9-10,15-19H2;1H4/t24-,25-;2*22-,23-;/m111./s1. The first kappa shape index (κ1) is 68.7. The average molecular weight is 1430 g/mol. The van der Waals surface area contributed by atoms with Crippen molar-refractivity contribution in [1.29, 1.82) is 0 Å². The molecule has 6 aliphatic rings. The van der Waals surface area contributed by atoms with Crippen LogP contribution in [0.1, 0.15) is 118 Å². The van der Waals surface area contributed by atoms with Gasteiger partial charge in [0.15, 0.2) is 0 Å². The zero-order chi connectivity index (χ0) is 61.0. The summed E-state index contributed by atoms with van der Waals surface area (Å²) in [6.07, 6.45) is 21.4. The van der Waals surface area contributed by atoms with Gasteiger partial charge in [0.1, 0.15) is 11.5 Å². The SMILES string of the molecule is C.C=CC[Si]1(Cl)N(Cc2ccc(Br)cc2)[C@@H]2CCCC[C@H]2N1Cc1ccc(Br)cc1.C=CC[Si]1(Cl)N(Cc2ccc(OC)cc2)[C@@H]2CCCC[C@H]2N1Cc1ccc(OC)cc1.C=CC[Si]1(Cl)N(Cc2ccccc2)[C@@H]2CCCC[C@H]2N1Cc1ccccc1. The Labute approximate surface area is 562 Å². The highest BCUT2D eigenvalue weighted by Crippen LogP contribution is 2.49. The maximum absolute atomic E-state index is 7.66. The van der Waals surface area contributed by atoms with Crippen LogP contribution in [0, 0.1) is 0 Å². The molecule has 0 bridgehead atoms. The zero-order valence-corrected chi connectivity index (χ0v) is 59.5. The Hall–Kier alpha value is -3.62. The smallest absolute Gasteiger partial charge is 0.312 e. The molecule has 16 heteroatoms. The molecule has 3 saturated heterocycles. The molecule has 8 nitrogen and oxygen atoms in total. The van der Waals surface area contributed by atoms with E-state index in [9.17, 15) is 0 Å². The van der Waals surface area contributed by atoms with Crippen LogP contribution in [0.4, 0.5) is 0 Å². The second kappa shape index (κ2) is 32.3. The normalized spacial score (nSPS) is 24.0. The molecule has 0 unspecified atom stereocenters. The van der Waals surface area contributed by atoms with Crippen molar-refractivity contribution in [3.8, 4) is 11.5 Å². The van der Waals surface area contributed by atoms with Crippen LogP contribution in [0.15, 0.2) is 205 Å². The number of allylic oxidation sites excluding steroid dienone is 3. The first-order valence-electron chi connectivity index (χ1n) is 31.6. The number of hydrogen-bond acceptors (Lipinski definition) is 8. The predicted octanol–water partition coefficient (Wildman–Crippen LogP) is 19.2. The van der Waals surface area contributed by atoms with E-state index >= 15 is 0 Å². The van der Waals surface area contributed by atoms with E-state index in [1.54, 1.807) is 14.2 Å². The summed E-state index contributed by atoms with van der Waals surface area (Å²) >= 11 is 30.0. The highest BCUT2D eigenvalue weighted by molar-refractivity contribution is 9.10. The van der Waals surface area contributed by atoms with Crippen molar-refractivity contribution in [3.05, 3.63) is 238 Å². The topological polar surface area (TPSA) is 37.9 Å². The van der Waals surface area contributed by atoms with Gasteiger partial charge in [-0.25, -0.2) is 0 Å². The van der Waals surface area contributed by atoms with Crippen molar-refractivity contribution in [2.75, 3.05) is 14.2 Å². The minimum absolute atomic E-state index is 0. The number of rotatable bonds is 20. The summed E-state index contributed by atoms with van der Waals surface area (Å²) in [5.74, 6) is 1.78. The van der Waals surface area contributed by atoms with E-state index < -0.39 is 23.1 Å². The van der Waals surface area contributed by atoms with Crippen molar-refractivity contribution in [2.45, 2.75) is 178 Å². The fourth-order valence-electron chi connectivity index (χ4n) is 15.1. The fraction of sp³-hybridized carbons (Fsp3) is 0.417. The number of methoxy groups -OCH3 is 2. The lowest BCUT2D eigenvalue weighted by atomic mass is 9.90. The summed E-state index contributed by atoms with van der Waals surface area (Å²) < 4.78 is 29.0. The molecule has 3 aliphatic heterocycles. The number of ether oxygens (including phenoxy) is 2. The minimum Gasteiger partial charge on any atom is -0.497 e. The molecule has 6 aromatic rings. The largest absolute Gasteiger partial charge is 0.497 e. The maximum atomic E-state index is 7.66. The predicted molar refractivity (Wildman–Crippen MR) is 385 cm³/mol. The van der Waals surface area contributed by atoms with E-state index in [4.69, 9.17) is 42.7 Å². The molecule has 3 heterocycles. The molecule has 6 atom stereocenters. The van der Waals surface area contributed by atoms with Crippen molar-refractivity contribution in [2.24, 2.45) is 0 Å². The molecule has 0 spiro atoms. The molecule has 6 aromatic carbocycles. The fourth-order valence-corrected chi connectivity index (χ4v) is 30.9. The van der Waals surface area contributed by atoms with Gasteiger partial charge in [-0.15, -0.1) is 53.0 Å². The Kier molecular flexibility index (Phi) is 25.2. The van der Waals surface area contributed by atoms with Crippen molar-refractivity contribution < 1.29 is 9.47 Å². The van der Waals surface area contributed by atoms with Crippen LogP contribution < -0.4 is 9.47 Å². The van der Waals surface area contributed by atoms with E-state index in [0.717, 1.165) is 77.8 Å². The average Bonchev–Trinajstić information content (AvgIpc) is 1.72. The molecule has 3 aliphatic carbocycles. The van der Waals surface area contributed by atoms with Crippen molar-refractivity contribution >= 4 is 88.2 Å². The van der Waals surface area contributed by atoms with Crippen LogP contribution in [-0.2, 0) is 39.3 Å². The Balaban J connectivity index is 0.000000157. The molecule has 0 aromatic heterocycles. The summed E-state index contributed by atoms with van der Waals surface area (Å²) in [4.78, 5) is 0. The highest BCUT2D eigenvalue weighted by Gasteiger charge is 2.61. The molecule has 470 valence electrons. The van der Waals surface area contributed by atoms with Gasteiger partial charge in [-0.05, 0) is 120 Å². The summed E-state index contributed by atoms with van der Waals surface area (Å²) in [6.45, 7) is 17.7. The summed E-state index contributed by atoms with van der Waals surface area (Å²) in [5, 5.41) is 0. The maximum Gasteiger partial charge on any atom is 0.312 e. The van der Waals surface area contributed by atoms with E-state index in [2.05, 4.69) is 212 Å². The van der Waals surface area contributed by atoms with Gasteiger partial charge in [-0.2, -0.15) is 0 Å². The second-order valence-electron chi connectivity index (χ2n) is 24.6. The molecule has 0 N–H and O–H groups in total. The van der Waals surface area contributed by atoms with Gasteiger partial charge >= 0.3 is 23.1 Å². The zero-order valence-electron chi connectivity index (χ0n) is 51.1. The van der Waals surface area contributed by atoms with Crippen LogP contribution in [0.2, 0.25) is 18.1 Å². The highest BCUT2D eigenvalue weighted by atomic mass is 79.9. The van der Waals surface area contributed by atoms with Crippen LogP contribution in [-0.4, -0.2) is 101 Å². The van der Waals surface area contributed by atoms with E-state index in [1.807, 2.05) is 42.5 Å². The Morgan fingerprint density at radius 1 is 0.364 bits per heavy atom. The van der Waals surface area contributed by atoms with Gasteiger partial charge in [-0.1, -0.05) is 205 Å². The monoisotopic (exact) mass is 1420 g/mol. The van der Waals surface area contributed by atoms with E-state index in [0.29, 0.717) is 36.3 Å². The number of hydrogen-bond donors (Lipinski definition) is 0. The van der Waals surface area contributed by atoms with Crippen LogP contribution in [0.5, 0.6) is 11.5 Å². The first-order valence-corrected chi connectivity index (χ1v) is 42.6. The first-order chi connectivity index (χ1) is 42.3. The molecule has 6 fully saturated rings. The molecular weight excluding hydrogens is 1330 g/mol. The summed E-state index contributed by atoms with van der Waals surface area (Å²) in [7, 11) is -3.69. The molecule has 0 radical (unpaired) electrons. The van der Waals surface area contributed by atoms with Crippen LogP contribution in [0.3, 0.4) is 0 Å². The van der Waals surface area contributed by atoms with Gasteiger partial charge in [0, 0.05) is 103 Å². The van der Waals surface area contributed by atoms with Gasteiger partial charge < -0.3 is 9.47 Å². The second-order valence-corrected chi connectivity index (χ2v) is 40.8. The third-order valence-electron chi connectivity index (χ3n) is 19.3. The van der Waals surface area contributed by atoms with Gasteiger partial charge in [-0.3, -0.25) is 27.4 Å². The third kappa shape index (κ3) is 15.9. The Morgan fingerprint density at radius 2 is 0.568 bits per heavy atom. The van der Waals surface area contributed by atoms with Crippen LogP contribution >= 0.6 is 65.1 Å². The lowest BCUT2D eigenvalue weighted by Gasteiger charge is -2.37. The lowest BCUT2D eigenvalue weighted by molar-refractivity contribution is 0.197. The van der Waals surface area contributed by atoms with Crippen molar-refractivity contribution in [1.82, 2.24) is 27.4 Å². The number of halogens is 5.